The Balaban J connectivity index is 2.34. The fraction of sp³-hybridized carbons (Fsp3) is 0. The van der Waals surface area contributed by atoms with Crippen molar-refractivity contribution in [3.05, 3.63) is 50.7 Å². The highest BCUT2D eigenvalue weighted by atomic mass is 79.9. The minimum Gasteiger partial charge on any atom is -0.455 e. The van der Waals surface area contributed by atoms with E-state index in [1.54, 1.807) is 12.1 Å². The number of hydrogen-bond acceptors (Lipinski definition) is 2. The van der Waals surface area contributed by atoms with E-state index in [-0.39, 0.29) is 10.2 Å². The van der Waals surface area contributed by atoms with Crippen LogP contribution in [-0.4, -0.2) is 0 Å². The Labute approximate surface area is 122 Å². The molecule has 0 spiro atoms. The third kappa shape index (κ3) is 2.88. The molecule has 0 aliphatic carbocycles. The van der Waals surface area contributed by atoms with Crippen LogP contribution in [0.15, 0.2) is 34.8 Å². The SMILES string of the molecule is Nc1cc(Br)c(F)cc1Oc1ccc(Cl)c(Cl)c1. The van der Waals surface area contributed by atoms with E-state index in [1.807, 2.05) is 0 Å². The summed E-state index contributed by atoms with van der Waals surface area (Å²) in [6, 6.07) is 7.37. The van der Waals surface area contributed by atoms with Crippen molar-refractivity contribution in [3.8, 4) is 11.5 Å². The van der Waals surface area contributed by atoms with Crippen molar-refractivity contribution >= 4 is 44.8 Å². The van der Waals surface area contributed by atoms with Gasteiger partial charge in [-0.15, -0.1) is 0 Å². The largest absolute Gasteiger partial charge is 0.455 e. The summed E-state index contributed by atoms with van der Waals surface area (Å²) in [4.78, 5) is 0. The van der Waals surface area contributed by atoms with Crippen LogP contribution in [0.2, 0.25) is 10.0 Å². The van der Waals surface area contributed by atoms with E-state index in [0.717, 1.165) is 0 Å². The molecule has 2 rings (SSSR count). The second kappa shape index (κ2) is 5.34. The highest BCUT2D eigenvalue weighted by molar-refractivity contribution is 9.10. The molecular formula is C12H7BrCl2FNO. The molecule has 2 N–H and O–H groups in total. The molecule has 0 heterocycles. The van der Waals surface area contributed by atoms with E-state index in [4.69, 9.17) is 33.7 Å². The lowest BCUT2D eigenvalue weighted by Crippen LogP contribution is -1.94. The maximum absolute atomic E-state index is 13.4. The van der Waals surface area contributed by atoms with Gasteiger partial charge in [-0.25, -0.2) is 4.39 Å². The first-order valence-corrected chi connectivity index (χ1v) is 6.39. The van der Waals surface area contributed by atoms with Gasteiger partial charge in [0, 0.05) is 12.1 Å². The summed E-state index contributed by atoms with van der Waals surface area (Å²) in [5.41, 5.74) is 6.04. The van der Waals surface area contributed by atoms with Crippen molar-refractivity contribution in [1.29, 1.82) is 0 Å². The molecule has 0 bridgehead atoms. The van der Waals surface area contributed by atoms with Crippen molar-refractivity contribution < 1.29 is 9.13 Å². The van der Waals surface area contributed by atoms with Crippen LogP contribution >= 0.6 is 39.1 Å². The average Bonchev–Trinajstić information content (AvgIpc) is 2.31. The molecule has 94 valence electrons. The normalized spacial score (nSPS) is 10.4. The molecule has 2 aromatic rings. The molecule has 0 aliphatic heterocycles. The number of hydrogen-bond donors (Lipinski definition) is 1. The maximum atomic E-state index is 13.4. The van der Waals surface area contributed by atoms with E-state index >= 15 is 0 Å². The number of ether oxygens (including phenoxy) is 1. The standard InChI is InChI=1S/C12H7BrCl2FNO/c13-7-4-11(17)12(5-10(7)16)18-6-1-2-8(14)9(15)3-6/h1-5H,17H2. The lowest BCUT2D eigenvalue weighted by molar-refractivity contribution is 0.478. The molecule has 0 saturated carbocycles. The van der Waals surface area contributed by atoms with Gasteiger partial charge >= 0.3 is 0 Å². The van der Waals surface area contributed by atoms with Gasteiger partial charge in [0.05, 0.1) is 20.2 Å². The molecule has 2 aromatic carbocycles. The van der Waals surface area contributed by atoms with Crippen molar-refractivity contribution in [2.45, 2.75) is 0 Å². The first kappa shape index (κ1) is 13.5. The predicted molar refractivity (Wildman–Crippen MR) is 75.0 cm³/mol. The van der Waals surface area contributed by atoms with Crippen LogP contribution in [0.4, 0.5) is 10.1 Å². The van der Waals surface area contributed by atoms with Crippen LogP contribution in [0.1, 0.15) is 0 Å². The quantitative estimate of drug-likeness (QED) is 0.749. The summed E-state index contributed by atoms with van der Waals surface area (Å²) in [6.45, 7) is 0. The summed E-state index contributed by atoms with van der Waals surface area (Å²) in [5.74, 6) is 0.186. The fourth-order valence-corrected chi connectivity index (χ4v) is 1.95. The van der Waals surface area contributed by atoms with Gasteiger partial charge < -0.3 is 10.5 Å². The molecule has 0 fully saturated rings. The third-order valence-electron chi connectivity index (χ3n) is 2.17. The smallest absolute Gasteiger partial charge is 0.153 e. The molecule has 0 aliphatic rings. The number of halogens is 4. The van der Waals surface area contributed by atoms with Gasteiger partial charge in [-0.2, -0.15) is 0 Å². The summed E-state index contributed by atoms with van der Waals surface area (Å²) in [7, 11) is 0. The number of anilines is 1. The van der Waals surface area contributed by atoms with Crippen LogP contribution in [0.3, 0.4) is 0 Å². The fourth-order valence-electron chi connectivity index (χ4n) is 1.30. The molecule has 0 amide bonds. The molecule has 2 nitrogen and oxygen atoms in total. The van der Waals surface area contributed by atoms with Crippen molar-refractivity contribution in [3.63, 3.8) is 0 Å². The Hall–Kier alpha value is -0.970. The monoisotopic (exact) mass is 349 g/mol. The third-order valence-corrected chi connectivity index (χ3v) is 3.52. The van der Waals surface area contributed by atoms with Gasteiger partial charge in [-0.1, -0.05) is 23.2 Å². The lowest BCUT2D eigenvalue weighted by Gasteiger charge is -2.10. The maximum Gasteiger partial charge on any atom is 0.153 e. The van der Waals surface area contributed by atoms with Crippen LogP contribution < -0.4 is 10.5 Å². The van der Waals surface area contributed by atoms with Gasteiger partial charge in [0.15, 0.2) is 5.75 Å². The minimum atomic E-state index is -0.459. The van der Waals surface area contributed by atoms with Gasteiger partial charge in [0.25, 0.3) is 0 Å². The Kier molecular flexibility index (Phi) is 4.00. The van der Waals surface area contributed by atoms with E-state index in [9.17, 15) is 4.39 Å². The number of rotatable bonds is 2. The van der Waals surface area contributed by atoms with Gasteiger partial charge in [-0.3, -0.25) is 0 Å². The van der Waals surface area contributed by atoms with E-state index in [2.05, 4.69) is 15.9 Å². The summed E-state index contributed by atoms with van der Waals surface area (Å²) in [5, 5.41) is 0.768. The average molecular weight is 351 g/mol. The van der Waals surface area contributed by atoms with Crippen molar-refractivity contribution in [2.75, 3.05) is 5.73 Å². The van der Waals surface area contributed by atoms with Crippen LogP contribution in [0.5, 0.6) is 11.5 Å². The summed E-state index contributed by atoms with van der Waals surface area (Å²) in [6.07, 6.45) is 0. The molecule has 0 radical (unpaired) electrons. The first-order chi connectivity index (χ1) is 8.47. The zero-order valence-corrected chi connectivity index (χ0v) is 12.0. The summed E-state index contributed by atoms with van der Waals surface area (Å²) >= 11 is 14.7. The van der Waals surface area contributed by atoms with Gasteiger partial charge in [-0.05, 0) is 34.1 Å². The second-order valence-electron chi connectivity index (χ2n) is 3.48. The van der Waals surface area contributed by atoms with E-state index in [0.29, 0.717) is 21.5 Å². The molecule has 0 atom stereocenters. The lowest BCUT2D eigenvalue weighted by atomic mass is 10.3. The zero-order valence-electron chi connectivity index (χ0n) is 8.88. The summed E-state index contributed by atoms with van der Waals surface area (Å²) < 4.78 is 19.1. The van der Waals surface area contributed by atoms with Crippen LogP contribution in [0.25, 0.3) is 0 Å². The van der Waals surface area contributed by atoms with Crippen LogP contribution in [0, 0.1) is 5.82 Å². The minimum absolute atomic E-state index is 0.217. The molecule has 0 saturated heterocycles. The van der Waals surface area contributed by atoms with Crippen LogP contribution in [-0.2, 0) is 0 Å². The van der Waals surface area contributed by atoms with Crippen molar-refractivity contribution in [1.82, 2.24) is 0 Å². The molecule has 0 unspecified atom stereocenters. The number of benzene rings is 2. The van der Waals surface area contributed by atoms with E-state index < -0.39 is 5.82 Å². The Morgan fingerprint density at radius 2 is 1.83 bits per heavy atom. The molecule has 6 heteroatoms. The Bertz CT molecular complexity index is 607. The van der Waals surface area contributed by atoms with Gasteiger partial charge in [0.2, 0.25) is 0 Å². The predicted octanol–water partition coefficient (Wildman–Crippen LogP) is 5.27. The topological polar surface area (TPSA) is 35.2 Å². The van der Waals surface area contributed by atoms with E-state index in [1.165, 1.54) is 18.2 Å². The molecular weight excluding hydrogens is 344 g/mol. The molecule has 0 aromatic heterocycles. The second-order valence-corrected chi connectivity index (χ2v) is 5.15. The highest BCUT2D eigenvalue weighted by Crippen LogP contribution is 2.34. The Morgan fingerprint density at radius 3 is 2.50 bits per heavy atom. The zero-order chi connectivity index (χ0) is 13.3. The van der Waals surface area contributed by atoms with Crippen molar-refractivity contribution in [2.24, 2.45) is 0 Å². The highest BCUT2D eigenvalue weighted by Gasteiger charge is 2.09. The molecule has 18 heavy (non-hydrogen) atoms. The first-order valence-electron chi connectivity index (χ1n) is 4.85. The number of nitrogens with two attached hydrogens (primary N) is 1. The Morgan fingerprint density at radius 1 is 1.11 bits per heavy atom. The van der Waals surface area contributed by atoms with Gasteiger partial charge in [0.1, 0.15) is 11.6 Å². The number of nitrogen functional groups attached to an aromatic ring is 1.